The molecule has 1 saturated carbocycles. The molecule has 0 bridgehead atoms. The molecule has 1 amide bonds. The van der Waals surface area contributed by atoms with E-state index >= 15 is 0 Å². The highest BCUT2D eigenvalue weighted by Crippen LogP contribution is 2.25. The number of piperidine rings is 1. The quantitative estimate of drug-likeness (QED) is 0.765. The van der Waals surface area contributed by atoms with E-state index in [-0.39, 0.29) is 12.4 Å². The largest absolute Gasteiger partial charge is 0.342 e. The maximum Gasteiger partial charge on any atom is 0.222 e. The van der Waals surface area contributed by atoms with E-state index in [4.69, 9.17) is 0 Å². The molecule has 0 unspecified atom stereocenters. The number of nitrogens with one attached hydrogen (secondary N) is 1. The molecule has 22 heavy (non-hydrogen) atoms. The lowest BCUT2D eigenvalue weighted by Gasteiger charge is -2.30. The van der Waals surface area contributed by atoms with Crippen molar-refractivity contribution in [3.63, 3.8) is 0 Å². The molecule has 130 valence electrons. The molecule has 0 aromatic heterocycles. The predicted molar refractivity (Wildman–Crippen MR) is 95.5 cm³/mol. The lowest BCUT2D eigenvalue weighted by atomic mass is 9.88. The van der Waals surface area contributed by atoms with Gasteiger partial charge in [-0.15, -0.1) is 12.4 Å². The molecule has 2 fully saturated rings. The van der Waals surface area contributed by atoms with Crippen LogP contribution in [0, 0.1) is 11.8 Å². The van der Waals surface area contributed by atoms with Crippen LogP contribution >= 0.6 is 12.4 Å². The van der Waals surface area contributed by atoms with Crippen molar-refractivity contribution in [3.8, 4) is 0 Å². The Morgan fingerprint density at radius 1 is 1.05 bits per heavy atom. The van der Waals surface area contributed by atoms with Crippen LogP contribution in [0.3, 0.4) is 0 Å². The summed E-state index contributed by atoms with van der Waals surface area (Å²) in [6.45, 7) is 6.45. The van der Waals surface area contributed by atoms with Crippen LogP contribution in [-0.4, -0.2) is 37.0 Å². The van der Waals surface area contributed by atoms with Gasteiger partial charge in [0.15, 0.2) is 0 Å². The average Bonchev–Trinajstić information content (AvgIpc) is 2.54. The number of amides is 1. The van der Waals surface area contributed by atoms with Gasteiger partial charge in [-0.3, -0.25) is 4.79 Å². The van der Waals surface area contributed by atoms with E-state index in [1.807, 2.05) is 0 Å². The summed E-state index contributed by atoms with van der Waals surface area (Å²) in [5.41, 5.74) is 0. The standard InChI is InChI=1S/C18H34N2O.ClH/c1-2-14-20(15-17-6-4-3-5-7-17)18(21)9-8-16-10-12-19-13-11-16;/h16-17,19H,2-15H2,1H3;1H. The van der Waals surface area contributed by atoms with Gasteiger partial charge in [0, 0.05) is 19.5 Å². The zero-order chi connectivity index (χ0) is 14.9. The summed E-state index contributed by atoms with van der Waals surface area (Å²) < 4.78 is 0. The highest BCUT2D eigenvalue weighted by molar-refractivity contribution is 5.85. The van der Waals surface area contributed by atoms with E-state index in [1.54, 1.807) is 0 Å². The molecule has 0 aromatic rings. The van der Waals surface area contributed by atoms with Crippen molar-refractivity contribution in [2.24, 2.45) is 11.8 Å². The van der Waals surface area contributed by atoms with Crippen LogP contribution < -0.4 is 5.32 Å². The fourth-order valence-corrected chi connectivity index (χ4v) is 3.93. The van der Waals surface area contributed by atoms with Gasteiger partial charge in [-0.05, 0) is 63.5 Å². The normalized spacial score (nSPS) is 20.4. The molecule has 4 heteroatoms. The summed E-state index contributed by atoms with van der Waals surface area (Å²) in [4.78, 5) is 14.7. The van der Waals surface area contributed by atoms with E-state index in [1.165, 1.54) is 44.9 Å². The number of nitrogens with zero attached hydrogens (tertiary/aromatic N) is 1. The van der Waals surface area contributed by atoms with Gasteiger partial charge in [-0.25, -0.2) is 0 Å². The van der Waals surface area contributed by atoms with Gasteiger partial charge in [-0.2, -0.15) is 0 Å². The minimum absolute atomic E-state index is 0. The Hall–Kier alpha value is -0.280. The Kier molecular flexibility index (Phi) is 10.1. The Morgan fingerprint density at radius 2 is 1.73 bits per heavy atom. The topological polar surface area (TPSA) is 32.3 Å². The summed E-state index contributed by atoms with van der Waals surface area (Å²) in [5, 5.41) is 3.40. The van der Waals surface area contributed by atoms with Crippen molar-refractivity contribution < 1.29 is 4.79 Å². The third-order valence-corrected chi connectivity index (χ3v) is 5.27. The second-order valence-corrected chi connectivity index (χ2v) is 7.08. The van der Waals surface area contributed by atoms with E-state index < -0.39 is 0 Å². The van der Waals surface area contributed by atoms with E-state index in [0.717, 1.165) is 57.3 Å². The molecule has 1 aliphatic carbocycles. The monoisotopic (exact) mass is 330 g/mol. The molecule has 1 heterocycles. The number of carbonyl (C=O) groups is 1. The minimum Gasteiger partial charge on any atom is -0.342 e. The number of halogens is 1. The van der Waals surface area contributed by atoms with Crippen LogP contribution in [-0.2, 0) is 4.79 Å². The van der Waals surface area contributed by atoms with Gasteiger partial charge in [0.2, 0.25) is 5.91 Å². The van der Waals surface area contributed by atoms with Crippen molar-refractivity contribution >= 4 is 18.3 Å². The molecule has 0 radical (unpaired) electrons. The zero-order valence-electron chi connectivity index (χ0n) is 14.3. The predicted octanol–water partition coefficient (Wildman–Crippen LogP) is 4.01. The van der Waals surface area contributed by atoms with Gasteiger partial charge in [0.05, 0.1) is 0 Å². The van der Waals surface area contributed by atoms with Crippen LogP contribution in [0.2, 0.25) is 0 Å². The smallest absolute Gasteiger partial charge is 0.222 e. The first-order chi connectivity index (χ1) is 10.3. The molecule has 1 aliphatic heterocycles. The first-order valence-corrected chi connectivity index (χ1v) is 9.28. The second-order valence-electron chi connectivity index (χ2n) is 7.08. The third kappa shape index (κ3) is 6.87. The van der Waals surface area contributed by atoms with Crippen molar-refractivity contribution in [1.82, 2.24) is 10.2 Å². The lowest BCUT2D eigenvalue weighted by Crippen LogP contribution is -2.37. The molecule has 1 N–H and O–H groups in total. The highest BCUT2D eigenvalue weighted by Gasteiger charge is 2.21. The first kappa shape index (κ1) is 19.8. The van der Waals surface area contributed by atoms with Crippen molar-refractivity contribution in [2.45, 2.75) is 71.1 Å². The molecule has 0 aromatic carbocycles. The van der Waals surface area contributed by atoms with Crippen LogP contribution in [0.1, 0.15) is 71.1 Å². The van der Waals surface area contributed by atoms with Gasteiger partial charge < -0.3 is 10.2 Å². The van der Waals surface area contributed by atoms with Crippen LogP contribution in [0.4, 0.5) is 0 Å². The van der Waals surface area contributed by atoms with E-state index in [9.17, 15) is 4.79 Å². The highest BCUT2D eigenvalue weighted by atomic mass is 35.5. The maximum absolute atomic E-state index is 12.6. The number of hydrogen-bond acceptors (Lipinski definition) is 2. The molecule has 3 nitrogen and oxygen atoms in total. The van der Waals surface area contributed by atoms with Gasteiger partial charge in [0.25, 0.3) is 0 Å². The zero-order valence-corrected chi connectivity index (χ0v) is 15.1. The second kappa shape index (κ2) is 11.3. The summed E-state index contributed by atoms with van der Waals surface area (Å²) in [6, 6.07) is 0. The molecule has 2 aliphatic rings. The summed E-state index contributed by atoms with van der Waals surface area (Å²) >= 11 is 0. The Labute approximate surface area is 143 Å². The van der Waals surface area contributed by atoms with Crippen LogP contribution in [0.15, 0.2) is 0 Å². The number of hydrogen-bond donors (Lipinski definition) is 1. The van der Waals surface area contributed by atoms with Gasteiger partial charge in [0.1, 0.15) is 0 Å². The van der Waals surface area contributed by atoms with Gasteiger partial charge >= 0.3 is 0 Å². The number of rotatable bonds is 7. The number of carbonyl (C=O) groups excluding carboxylic acids is 1. The minimum atomic E-state index is 0. The third-order valence-electron chi connectivity index (χ3n) is 5.27. The van der Waals surface area contributed by atoms with Crippen LogP contribution in [0.5, 0.6) is 0 Å². The Balaban J connectivity index is 0.00000242. The van der Waals surface area contributed by atoms with E-state index in [0.29, 0.717) is 5.91 Å². The summed E-state index contributed by atoms with van der Waals surface area (Å²) in [5.74, 6) is 1.96. The molecule has 1 saturated heterocycles. The summed E-state index contributed by atoms with van der Waals surface area (Å²) in [7, 11) is 0. The molecule has 0 atom stereocenters. The Bertz CT molecular complexity index is 299. The first-order valence-electron chi connectivity index (χ1n) is 9.28. The molecule has 2 rings (SSSR count). The Morgan fingerprint density at radius 3 is 2.36 bits per heavy atom. The van der Waals surface area contributed by atoms with Crippen molar-refractivity contribution in [3.05, 3.63) is 0 Å². The van der Waals surface area contributed by atoms with Crippen LogP contribution in [0.25, 0.3) is 0 Å². The average molecular weight is 331 g/mol. The summed E-state index contributed by atoms with van der Waals surface area (Å²) in [6.07, 6.45) is 12.3. The SMILES string of the molecule is CCCN(CC1CCCCC1)C(=O)CCC1CCNCC1.Cl. The fraction of sp³-hybridized carbons (Fsp3) is 0.944. The fourth-order valence-electron chi connectivity index (χ4n) is 3.93. The molecular weight excluding hydrogens is 296 g/mol. The van der Waals surface area contributed by atoms with Gasteiger partial charge in [-0.1, -0.05) is 26.2 Å². The lowest BCUT2D eigenvalue weighted by molar-refractivity contribution is -0.132. The van der Waals surface area contributed by atoms with E-state index in [2.05, 4.69) is 17.1 Å². The maximum atomic E-state index is 12.6. The molecule has 0 spiro atoms. The molecular formula is C18H35ClN2O. The van der Waals surface area contributed by atoms with Crippen molar-refractivity contribution in [1.29, 1.82) is 0 Å². The van der Waals surface area contributed by atoms with Crippen molar-refractivity contribution in [2.75, 3.05) is 26.2 Å².